The predicted molar refractivity (Wildman–Crippen MR) is 87.0 cm³/mol. The Hall–Kier alpha value is 0.270. The second-order valence-corrected chi connectivity index (χ2v) is 8.52. The van der Waals surface area contributed by atoms with Crippen molar-refractivity contribution in [3.63, 3.8) is 0 Å². The summed E-state index contributed by atoms with van der Waals surface area (Å²) in [5.41, 5.74) is 0. The molecule has 0 spiro atoms. The van der Waals surface area contributed by atoms with Crippen LogP contribution in [0.2, 0.25) is 0 Å². The Bertz CT molecular complexity index is 261. The van der Waals surface area contributed by atoms with Gasteiger partial charge < -0.3 is 10.2 Å². The molecule has 0 bridgehead atoms. The second-order valence-electron chi connectivity index (χ2n) is 7.01. The van der Waals surface area contributed by atoms with E-state index in [0.29, 0.717) is 4.75 Å². The third-order valence-electron chi connectivity index (χ3n) is 4.89. The van der Waals surface area contributed by atoms with Crippen molar-refractivity contribution in [1.82, 2.24) is 10.2 Å². The van der Waals surface area contributed by atoms with Crippen molar-refractivity contribution < 1.29 is 0 Å². The molecule has 1 saturated heterocycles. The van der Waals surface area contributed by atoms with Crippen LogP contribution in [-0.4, -0.2) is 48.1 Å². The zero-order valence-electron chi connectivity index (χ0n) is 13.1. The molecule has 0 aromatic carbocycles. The molecule has 1 heterocycles. The van der Waals surface area contributed by atoms with Crippen LogP contribution >= 0.6 is 11.8 Å². The van der Waals surface area contributed by atoms with Crippen molar-refractivity contribution in [2.24, 2.45) is 5.92 Å². The normalized spacial score (nSPS) is 28.3. The van der Waals surface area contributed by atoms with Gasteiger partial charge in [-0.25, -0.2) is 0 Å². The third-order valence-corrected chi connectivity index (χ3v) is 6.12. The first-order chi connectivity index (χ1) is 9.11. The molecular formula is C16H32N2S. The summed E-state index contributed by atoms with van der Waals surface area (Å²) in [7, 11) is 0. The zero-order valence-corrected chi connectivity index (χ0v) is 13.9. The summed E-state index contributed by atoms with van der Waals surface area (Å²) in [5.74, 6) is 0.937. The first-order valence-corrected chi connectivity index (χ1v) is 9.34. The van der Waals surface area contributed by atoms with E-state index in [2.05, 4.69) is 30.3 Å². The molecule has 2 nitrogen and oxygen atoms in total. The Labute approximate surface area is 124 Å². The lowest BCUT2D eigenvalue weighted by atomic mass is 9.83. The highest BCUT2D eigenvalue weighted by Crippen LogP contribution is 2.29. The van der Waals surface area contributed by atoms with Crippen molar-refractivity contribution in [2.45, 2.75) is 63.2 Å². The number of rotatable bonds is 4. The van der Waals surface area contributed by atoms with Crippen LogP contribution in [0.5, 0.6) is 0 Å². The maximum Gasteiger partial charge on any atom is 0.0227 e. The second kappa shape index (κ2) is 7.33. The minimum absolute atomic E-state index is 0.390. The highest BCUT2D eigenvalue weighted by molar-refractivity contribution is 7.99. The van der Waals surface area contributed by atoms with Crippen molar-refractivity contribution >= 4 is 11.8 Å². The molecule has 0 aromatic rings. The van der Waals surface area contributed by atoms with Gasteiger partial charge in [0.15, 0.2) is 0 Å². The van der Waals surface area contributed by atoms with E-state index >= 15 is 0 Å². The molecule has 1 N–H and O–H groups in total. The monoisotopic (exact) mass is 284 g/mol. The smallest absolute Gasteiger partial charge is 0.0227 e. The zero-order chi connectivity index (χ0) is 13.7. The Morgan fingerprint density at radius 3 is 2.58 bits per heavy atom. The Morgan fingerprint density at radius 1 is 1.16 bits per heavy atom. The molecule has 3 heteroatoms. The van der Waals surface area contributed by atoms with Gasteiger partial charge in [-0.1, -0.05) is 19.3 Å². The average molecular weight is 285 g/mol. The van der Waals surface area contributed by atoms with E-state index in [1.807, 2.05) is 11.8 Å². The minimum atomic E-state index is 0.390. The van der Waals surface area contributed by atoms with Crippen LogP contribution in [0, 0.1) is 5.92 Å². The van der Waals surface area contributed by atoms with E-state index in [0.717, 1.165) is 12.0 Å². The van der Waals surface area contributed by atoms with Gasteiger partial charge in [0.25, 0.3) is 0 Å². The fourth-order valence-electron chi connectivity index (χ4n) is 3.62. The summed E-state index contributed by atoms with van der Waals surface area (Å²) in [4.78, 5) is 2.72. The van der Waals surface area contributed by atoms with Crippen LogP contribution in [0.15, 0.2) is 0 Å². The van der Waals surface area contributed by atoms with Crippen LogP contribution in [0.3, 0.4) is 0 Å². The summed E-state index contributed by atoms with van der Waals surface area (Å²) in [6.45, 7) is 9.77. The number of hydrogen-bond acceptors (Lipinski definition) is 3. The van der Waals surface area contributed by atoms with Crippen molar-refractivity contribution in [3.05, 3.63) is 0 Å². The lowest BCUT2D eigenvalue weighted by molar-refractivity contribution is 0.198. The first kappa shape index (κ1) is 15.7. The molecular weight excluding hydrogens is 252 g/mol. The van der Waals surface area contributed by atoms with E-state index in [9.17, 15) is 0 Å². The topological polar surface area (TPSA) is 15.3 Å². The molecule has 1 atom stereocenters. The number of thioether (sulfide) groups is 1. The first-order valence-electron chi connectivity index (χ1n) is 8.11. The predicted octanol–water partition coefficient (Wildman–Crippen LogP) is 3.37. The van der Waals surface area contributed by atoms with Gasteiger partial charge in [0.2, 0.25) is 0 Å². The van der Waals surface area contributed by atoms with Crippen LogP contribution < -0.4 is 5.32 Å². The van der Waals surface area contributed by atoms with Gasteiger partial charge in [-0.05, 0) is 58.4 Å². The van der Waals surface area contributed by atoms with E-state index in [1.165, 1.54) is 64.7 Å². The fraction of sp³-hybridized carbons (Fsp3) is 1.00. The highest BCUT2D eigenvalue weighted by atomic mass is 32.2. The van der Waals surface area contributed by atoms with Crippen LogP contribution in [0.1, 0.15) is 52.4 Å². The Balaban J connectivity index is 1.90. The van der Waals surface area contributed by atoms with Crippen molar-refractivity contribution in [1.29, 1.82) is 0 Å². The van der Waals surface area contributed by atoms with Gasteiger partial charge in [0.1, 0.15) is 0 Å². The Morgan fingerprint density at radius 2 is 1.89 bits per heavy atom. The largest absolute Gasteiger partial charge is 0.312 e. The van der Waals surface area contributed by atoms with Gasteiger partial charge in [-0.15, -0.1) is 0 Å². The summed E-state index contributed by atoms with van der Waals surface area (Å²) in [5, 5.41) is 3.84. The fourth-order valence-corrected chi connectivity index (χ4v) is 3.93. The summed E-state index contributed by atoms with van der Waals surface area (Å²) < 4.78 is 0.390. The number of hydrogen-bond donors (Lipinski definition) is 1. The molecule has 112 valence electrons. The lowest BCUT2D eigenvalue weighted by Crippen LogP contribution is -2.46. The maximum atomic E-state index is 3.84. The molecule has 19 heavy (non-hydrogen) atoms. The van der Waals surface area contributed by atoms with Crippen LogP contribution in [0.4, 0.5) is 0 Å². The van der Waals surface area contributed by atoms with Gasteiger partial charge in [0.05, 0.1) is 0 Å². The molecule has 0 amide bonds. The molecule has 2 aliphatic rings. The number of nitrogens with zero attached hydrogens (tertiary/aromatic N) is 1. The minimum Gasteiger partial charge on any atom is -0.312 e. The number of nitrogens with one attached hydrogen (secondary N) is 1. The molecule has 0 aromatic heterocycles. The Kier molecular flexibility index (Phi) is 6.04. The van der Waals surface area contributed by atoms with Gasteiger partial charge in [-0.2, -0.15) is 11.8 Å². The summed E-state index contributed by atoms with van der Waals surface area (Å²) in [6, 6.07) is 0.750. The van der Waals surface area contributed by atoms with Gasteiger partial charge in [0, 0.05) is 23.9 Å². The lowest BCUT2D eigenvalue weighted by Gasteiger charge is -2.35. The van der Waals surface area contributed by atoms with Crippen molar-refractivity contribution in [2.75, 3.05) is 32.4 Å². The summed E-state index contributed by atoms with van der Waals surface area (Å²) in [6.07, 6.45) is 10.8. The molecule has 1 unspecified atom stereocenters. The maximum absolute atomic E-state index is 3.84. The van der Waals surface area contributed by atoms with Crippen LogP contribution in [0.25, 0.3) is 0 Å². The van der Waals surface area contributed by atoms with E-state index in [1.54, 1.807) is 0 Å². The van der Waals surface area contributed by atoms with Gasteiger partial charge in [-0.3, -0.25) is 0 Å². The molecule has 2 fully saturated rings. The van der Waals surface area contributed by atoms with Crippen LogP contribution in [-0.2, 0) is 0 Å². The third kappa shape index (κ3) is 4.95. The van der Waals surface area contributed by atoms with E-state index in [-0.39, 0.29) is 0 Å². The van der Waals surface area contributed by atoms with E-state index < -0.39 is 0 Å². The quantitative estimate of drug-likeness (QED) is 0.852. The molecule has 1 saturated carbocycles. The van der Waals surface area contributed by atoms with Gasteiger partial charge >= 0.3 is 0 Å². The van der Waals surface area contributed by atoms with E-state index in [4.69, 9.17) is 0 Å². The molecule has 1 aliphatic carbocycles. The standard InChI is InChI=1S/C16H32N2S/c1-16(2,19-3)13-18-11-7-10-17-15(12-18)14-8-5-4-6-9-14/h14-15,17H,4-13H2,1-3H3. The SMILES string of the molecule is CSC(C)(C)CN1CCCNC(C2CCCCC2)C1. The average Bonchev–Trinajstić information content (AvgIpc) is 2.65. The molecule has 1 aliphatic heterocycles. The summed E-state index contributed by atoms with van der Waals surface area (Å²) >= 11 is 2.00. The molecule has 0 radical (unpaired) electrons. The molecule has 2 rings (SSSR count). The van der Waals surface area contributed by atoms with Crippen molar-refractivity contribution in [3.8, 4) is 0 Å². The highest BCUT2D eigenvalue weighted by Gasteiger charge is 2.29.